The van der Waals surface area contributed by atoms with Crippen LogP contribution in [0.25, 0.3) is 11.1 Å². The molecule has 0 bridgehead atoms. The molecular formula is C12H13F3N2OS. The molecule has 0 fully saturated rings. The Hall–Kier alpha value is -1.21. The van der Waals surface area contributed by atoms with Crippen molar-refractivity contribution in [3.05, 3.63) is 29.7 Å². The van der Waals surface area contributed by atoms with E-state index < -0.39 is 17.8 Å². The molecule has 104 valence electrons. The molecule has 3 nitrogen and oxygen atoms in total. The third kappa shape index (κ3) is 3.22. The van der Waals surface area contributed by atoms with E-state index in [0.29, 0.717) is 12.0 Å². The van der Waals surface area contributed by atoms with Gasteiger partial charge in [-0.15, -0.1) is 0 Å². The first-order valence-electron chi connectivity index (χ1n) is 5.64. The van der Waals surface area contributed by atoms with E-state index in [-0.39, 0.29) is 11.4 Å². The van der Waals surface area contributed by atoms with E-state index in [9.17, 15) is 13.2 Å². The lowest BCUT2D eigenvalue weighted by molar-refractivity contribution is -0.137. The molecule has 1 heterocycles. The molecule has 0 spiro atoms. The van der Waals surface area contributed by atoms with E-state index >= 15 is 0 Å². The van der Waals surface area contributed by atoms with Crippen LogP contribution in [0.1, 0.15) is 23.9 Å². The number of rotatable bonds is 4. The van der Waals surface area contributed by atoms with Crippen LogP contribution in [-0.4, -0.2) is 17.0 Å². The summed E-state index contributed by atoms with van der Waals surface area (Å²) in [5.74, 6) is 1.12. The minimum atomic E-state index is -4.38. The zero-order valence-electron chi connectivity index (χ0n) is 10.2. The lowest BCUT2D eigenvalue weighted by Crippen LogP contribution is -2.11. The van der Waals surface area contributed by atoms with Crippen LogP contribution >= 0.6 is 11.8 Å². The van der Waals surface area contributed by atoms with Gasteiger partial charge < -0.3 is 10.2 Å². The fourth-order valence-electron chi connectivity index (χ4n) is 1.65. The zero-order valence-corrected chi connectivity index (χ0v) is 11.0. The van der Waals surface area contributed by atoms with E-state index in [1.807, 2.05) is 6.26 Å². The summed E-state index contributed by atoms with van der Waals surface area (Å²) in [7, 11) is 0. The molecule has 0 aliphatic rings. The van der Waals surface area contributed by atoms with Crippen molar-refractivity contribution in [2.24, 2.45) is 5.73 Å². The maximum absolute atomic E-state index is 12.6. The molecule has 2 N–H and O–H groups in total. The summed E-state index contributed by atoms with van der Waals surface area (Å²) >= 11 is 1.64. The molecule has 19 heavy (non-hydrogen) atoms. The number of hydrogen-bond donors (Lipinski definition) is 1. The van der Waals surface area contributed by atoms with Crippen molar-refractivity contribution in [1.82, 2.24) is 4.98 Å². The largest absolute Gasteiger partial charge is 0.439 e. The Balaban J connectivity index is 2.30. The molecular weight excluding hydrogens is 277 g/mol. The third-order valence-electron chi connectivity index (χ3n) is 2.68. The molecule has 0 radical (unpaired) electrons. The predicted octanol–water partition coefficient (Wildman–Crippen LogP) is 3.60. The van der Waals surface area contributed by atoms with Crippen LogP contribution in [0, 0.1) is 0 Å². The fourth-order valence-corrected chi connectivity index (χ4v) is 2.14. The minimum absolute atomic E-state index is 0.185. The Morgan fingerprint density at radius 2 is 2.16 bits per heavy atom. The zero-order chi connectivity index (χ0) is 14.0. The van der Waals surface area contributed by atoms with Gasteiger partial charge in [0.25, 0.3) is 0 Å². The second kappa shape index (κ2) is 5.42. The van der Waals surface area contributed by atoms with E-state index in [0.717, 1.165) is 17.9 Å². The first-order valence-corrected chi connectivity index (χ1v) is 7.03. The van der Waals surface area contributed by atoms with Gasteiger partial charge in [0.1, 0.15) is 5.52 Å². The second-order valence-electron chi connectivity index (χ2n) is 4.12. The average Bonchev–Trinajstić information content (AvgIpc) is 2.77. The number of fused-ring (bicyclic) bond motifs is 1. The minimum Gasteiger partial charge on any atom is -0.439 e. The number of halogens is 3. The summed E-state index contributed by atoms with van der Waals surface area (Å²) in [6.45, 7) is 0. The monoisotopic (exact) mass is 290 g/mol. The number of nitrogens with two attached hydrogens (primary N) is 1. The van der Waals surface area contributed by atoms with Gasteiger partial charge in [-0.1, -0.05) is 0 Å². The van der Waals surface area contributed by atoms with Crippen molar-refractivity contribution in [3.8, 4) is 0 Å². The number of oxazole rings is 1. The van der Waals surface area contributed by atoms with Gasteiger partial charge in [-0.3, -0.25) is 0 Å². The van der Waals surface area contributed by atoms with Crippen molar-refractivity contribution in [2.75, 3.05) is 12.0 Å². The van der Waals surface area contributed by atoms with Crippen LogP contribution in [0.2, 0.25) is 0 Å². The molecule has 0 saturated heterocycles. The number of alkyl halides is 3. The van der Waals surface area contributed by atoms with Crippen molar-refractivity contribution in [1.29, 1.82) is 0 Å². The highest BCUT2D eigenvalue weighted by molar-refractivity contribution is 7.98. The topological polar surface area (TPSA) is 52.0 Å². The molecule has 0 aliphatic heterocycles. The van der Waals surface area contributed by atoms with E-state index in [4.69, 9.17) is 10.2 Å². The van der Waals surface area contributed by atoms with Crippen LogP contribution in [0.15, 0.2) is 22.6 Å². The molecule has 2 aromatic rings. The molecule has 2 rings (SSSR count). The number of nitrogens with zero attached hydrogens (tertiary/aromatic N) is 1. The first kappa shape index (κ1) is 14.2. The van der Waals surface area contributed by atoms with E-state index in [2.05, 4.69) is 4.98 Å². The molecule has 7 heteroatoms. The summed E-state index contributed by atoms with van der Waals surface area (Å²) < 4.78 is 43.1. The molecule has 1 aromatic heterocycles. The number of aromatic nitrogens is 1. The van der Waals surface area contributed by atoms with Crippen molar-refractivity contribution >= 4 is 22.9 Å². The van der Waals surface area contributed by atoms with Crippen molar-refractivity contribution < 1.29 is 17.6 Å². The Bertz CT molecular complexity index is 568. The molecule has 0 amide bonds. The highest BCUT2D eigenvalue weighted by Gasteiger charge is 2.31. The summed E-state index contributed by atoms with van der Waals surface area (Å²) in [6, 6.07) is 2.83. The quantitative estimate of drug-likeness (QED) is 0.934. The van der Waals surface area contributed by atoms with E-state index in [1.54, 1.807) is 11.8 Å². The van der Waals surface area contributed by atoms with Crippen molar-refractivity contribution in [3.63, 3.8) is 0 Å². The Kier molecular flexibility index (Phi) is 4.05. The van der Waals surface area contributed by atoms with Crippen molar-refractivity contribution in [2.45, 2.75) is 18.6 Å². The maximum Gasteiger partial charge on any atom is 0.416 e. The highest BCUT2D eigenvalue weighted by Crippen LogP contribution is 2.32. The summed E-state index contributed by atoms with van der Waals surface area (Å²) in [6.07, 6.45) is -1.76. The second-order valence-corrected chi connectivity index (χ2v) is 5.11. The third-order valence-corrected chi connectivity index (χ3v) is 3.33. The molecule has 1 unspecified atom stereocenters. The summed E-state index contributed by atoms with van der Waals surface area (Å²) in [5, 5.41) is 0. The van der Waals surface area contributed by atoms with Gasteiger partial charge in [-0.2, -0.15) is 24.9 Å². The van der Waals surface area contributed by atoms with Crippen LogP contribution in [0.4, 0.5) is 13.2 Å². The predicted molar refractivity (Wildman–Crippen MR) is 68.9 cm³/mol. The lowest BCUT2D eigenvalue weighted by atomic mass is 10.2. The highest BCUT2D eigenvalue weighted by atomic mass is 32.2. The standard InChI is InChI=1S/C12H13F3N2OS/c1-19-5-4-8(16)11-17-9-6-7(12(13,14)15)2-3-10(9)18-11/h2-3,6,8H,4-5,16H2,1H3. The normalized spacial score (nSPS) is 13.9. The van der Waals surface area contributed by atoms with Gasteiger partial charge in [-0.05, 0) is 36.6 Å². The molecule has 0 saturated carbocycles. The summed E-state index contributed by atoms with van der Waals surface area (Å²) in [4.78, 5) is 4.04. The molecule has 0 aliphatic carbocycles. The van der Waals surface area contributed by atoms with Gasteiger partial charge >= 0.3 is 6.18 Å². The number of hydrogen-bond acceptors (Lipinski definition) is 4. The van der Waals surface area contributed by atoms with E-state index in [1.165, 1.54) is 6.07 Å². The Morgan fingerprint density at radius 3 is 2.79 bits per heavy atom. The lowest BCUT2D eigenvalue weighted by Gasteiger charge is -2.04. The van der Waals surface area contributed by atoms with Crippen LogP contribution in [-0.2, 0) is 6.18 Å². The smallest absolute Gasteiger partial charge is 0.416 e. The van der Waals surface area contributed by atoms with Gasteiger partial charge in [0.15, 0.2) is 5.58 Å². The SMILES string of the molecule is CSCCC(N)c1nc2cc(C(F)(F)F)ccc2o1. The van der Waals surface area contributed by atoms with Gasteiger partial charge in [0, 0.05) is 0 Å². The van der Waals surface area contributed by atoms with Crippen LogP contribution in [0.3, 0.4) is 0 Å². The first-order chi connectivity index (χ1) is 8.91. The molecule has 1 aromatic carbocycles. The fraction of sp³-hybridized carbons (Fsp3) is 0.417. The van der Waals surface area contributed by atoms with Crippen LogP contribution in [0.5, 0.6) is 0 Å². The number of benzene rings is 1. The molecule has 1 atom stereocenters. The van der Waals surface area contributed by atoms with Gasteiger partial charge in [0.05, 0.1) is 11.6 Å². The van der Waals surface area contributed by atoms with Gasteiger partial charge in [-0.25, -0.2) is 4.98 Å². The maximum atomic E-state index is 12.6. The number of thioether (sulfide) groups is 1. The van der Waals surface area contributed by atoms with Crippen LogP contribution < -0.4 is 5.73 Å². The summed E-state index contributed by atoms with van der Waals surface area (Å²) in [5.41, 5.74) is 5.65. The average molecular weight is 290 g/mol. The Morgan fingerprint density at radius 1 is 1.42 bits per heavy atom. The Labute approximate surface area is 112 Å². The van der Waals surface area contributed by atoms with Gasteiger partial charge in [0.2, 0.25) is 5.89 Å².